The molecule has 4 rings (SSSR count). The number of H-pyrrole nitrogens is 1. The molecule has 1 fully saturated rings. The quantitative estimate of drug-likeness (QED) is 0.740. The van der Waals surface area contributed by atoms with Crippen molar-refractivity contribution >= 4 is 5.82 Å². The SMILES string of the molecule is Cc1nc(C2CCCN(c3cc(C(F)(F)F)nc(-c4ccncc4)n3)C2)n[nH]1. The van der Waals surface area contributed by atoms with Crippen LogP contribution in [-0.4, -0.2) is 43.2 Å². The lowest BCUT2D eigenvalue weighted by atomic mass is 9.97. The Morgan fingerprint density at radius 1 is 1.14 bits per heavy atom. The predicted octanol–water partition coefficient (Wildman–Crippen LogP) is 3.37. The smallest absolute Gasteiger partial charge is 0.356 e. The van der Waals surface area contributed by atoms with E-state index < -0.39 is 11.9 Å². The summed E-state index contributed by atoms with van der Waals surface area (Å²) in [6, 6.07) is 4.19. The van der Waals surface area contributed by atoms with Crippen LogP contribution in [0.3, 0.4) is 0 Å². The molecular weight excluding hydrogens is 371 g/mol. The van der Waals surface area contributed by atoms with Crippen LogP contribution in [0.4, 0.5) is 19.0 Å². The van der Waals surface area contributed by atoms with Crippen molar-refractivity contribution in [3.8, 4) is 11.4 Å². The Balaban J connectivity index is 1.69. The van der Waals surface area contributed by atoms with E-state index in [4.69, 9.17) is 0 Å². The van der Waals surface area contributed by atoms with Crippen molar-refractivity contribution in [2.75, 3.05) is 18.0 Å². The van der Waals surface area contributed by atoms with Gasteiger partial charge in [0.1, 0.15) is 11.6 Å². The highest BCUT2D eigenvalue weighted by molar-refractivity contribution is 5.57. The van der Waals surface area contributed by atoms with Crippen LogP contribution in [-0.2, 0) is 6.18 Å². The maximum atomic E-state index is 13.4. The highest BCUT2D eigenvalue weighted by atomic mass is 19.4. The molecule has 1 saturated heterocycles. The number of halogens is 3. The van der Waals surface area contributed by atoms with Crippen LogP contribution >= 0.6 is 0 Å². The van der Waals surface area contributed by atoms with E-state index in [2.05, 4.69) is 30.1 Å². The molecule has 0 radical (unpaired) electrons. The first-order valence-electron chi connectivity index (χ1n) is 8.90. The van der Waals surface area contributed by atoms with Crippen molar-refractivity contribution in [2.24, 2.45) is 0 Å². The van der Waals surface area contributed by atoms with Gasteiger partial charge in [-0.05, 0) is 31.9 Å². The lowest BCUT2D eigenvalue weighted by molar-refractivity contribution is -0.141. The van der Waals surface area contributed by atoms with E-state index in [0.29, 0.717) is 30.3 Å². The maximum Gasteiger partial charge on any atom is 0.433 e. The molecule has 3 aromatic rings. The first kappa shape index (κ1) is 18.3. The summed E-state index contributed by atoms with van der Waals surface area (Å²) in [5.41, 5.74) is -0.472. The molecule has 1 N–H and O–H groups in total. The maximum absolute atomic E-state index is 13.4. The summed E-state index contributed by atoms with van der Waals surface area (Å²) in [5.74, 6) is 1.72. The summed E-state index contributed by atoms with van der Waals surface area (Å²) in [4.78, 5) is 18.3. The summed E-state index contributed by atoms with van der Waals surface area (Å²) in [6.45, 7) is 2.93. The monoisotopic (exact) mass is 389 g/mol. The first-order chi connectivity index (χ1) is 13.4. The van der Waals surface area contributed by atoms with E-state index in [9.17, 15) is 13.2 Å². The molecule has 1 unspecified atom stereocenters. The standard InChI is InChI=1S/C18H18F3N7/c1-11-23-17(27-26-11)13-3-2-8-28(10-13)15-9-14(18(19,20)21)24-16(25-15)12-4-6-22-7-5-12/h4-7,9,13H,2-3,8,10H2,1H3,(H,23,26,27). The van der Waals surface area contributed by atoms with Crippen LogP contribution < -0.4 is 4.90 Å². The number of alkyl halides is 3. The molecule has 4 heterocycles. The number of aromatic nitrogens is 6. The third-order valence-electron chi connectivity index (χ3n) is 4.67. The minimum atomic E-state index is -4.56. The van der Waals surface area contributed by atoms with E-state index in [-0.39, 0.29) is 17.6 Å². The van der Waals surface area contributed by atoms with Gasteiger partial charge in [0.05, 0.1) is 0 Å². The number of hydrogen-bond acceptors (Lipinski definition) is 6. The summed E-state index contributed by atoms with van der Waals surface area (Å²) >= 11 is 0. The Bertz CT molecular complexity index is 955. The molecule has 3 aromatic heterocycles. The molecule has 0 aliphatic carbocycles. The molecule has 0 spiro atoms. The molecular formula is C18H18F3N7. The van der Waals surface area contributed by atoms with Crippen molar-refractivity contribution in [1.29, 1.82) is 0 Å². The lowest BCUT2D eigenvalue weighted by Gasteiger charge is -2.32. The Labute approximate surface area is 159 Å². The van der Waals surface area contributed by atoms with Crippen LogP contribution in [0.5, 0.6) is 0 Å². The number of nitrogens with zero attached hydrogens (tertiary/aromatic N) is 6. The molecule has 1 aliphatic heterocycles. The van der Waals surface area contributed by atoms with Crippen molar-refractivity contribution in [3.63, 3.8) is 0 Å². The zero-order chi connectivity index (χ0) is 19.7. The van der Waals surface area contributed by atoms with Gasteiger partial charge >= 0.3 is 6.18 Å². The Morgan fingerprint density at radius 2 is 1.93 bits per heavy atom. The Hall–Kier alpha value is -3.04. The van der Waals surface area contributed by atoms with Crippen molar-refractivity contribution in [3.05, 3.63) is 47.9 Å². The third kappa shape index (κ3) is 3.80. The summed E-state index contributed by atoms with van der Waals surface area (Å²) in [5, 5.41) is 7.03. The second kappa shape index (κ2) is 7.17. The number of rotatable bonds is 3. The fourth-order valence-electron chi connectivity index (χ4n) is 3.31. The number of aryl methyl sites for hydroxylation is 1. The molecule has 28 heavy (non-hydrogen) atoms. The molecule has 0 amide bonds. The zero-order valence-electron chi connectivity index (χ0n) is 15.1. The minimum Gasteiger partial charge on any atom is -0.356 e. The van der Waals surface area contributed by atoms with Gasteiger partial charge in [-0.25, -0.2) is 15.0 Å². The zero-order valence-corrected chi connectivity index (χ0v) is 15.1. The first-order valence-corrected chi connectivity index (χ1v) is 8.90. The molecule has 1 atom stereocenters. The second-order valence-electron chi connectivity index (χ2n) is 6.73. The summed E-state index contributed by atoms with van der Waals surface area (Å²) in [7, 11) is 0. The number of nitrogens with one attached hydrogen (secondary N) is 1. The molecule has 1 aliphatic rings. The van der Waals surface area contributed by atoms with E-state index in [0.717, 1.165) is 18.9 Å². The normalized spacial score (nSPS) is 17.7. The highest BCUT2D eigenvalue weighted by Crippen LogP contribution is 2.33. The number of aromatic amines is 1. The number of piperidine rings is 1. The molecule has 0 saturated carbocycles. The fraction of sp³-hybridized carbons (Fsp3) is 0.389. The van der Waals surface area contributed by atoms with Crippen LogP contribution in [0.2, 0.25) is 0 Å². The van der Waals surface area contributed by atoms with Gasteiger partial charge in [-0.1, -0.05) is 0 Å². The van der Waals surface area contributed by atoms with E-state index in [1.54, 1.807) is 12.1 Å². The minimum absolute atomic E-state index is 0.0306. The van der Waals surface area contributed by atoms with Crippen LogP contribution in [0.15, 0.2) is 30.6 Å². The fourth-order valence-corrected chi connectivity index (χ4v) is 3.31. The van der Waals surface area contributed by atoms with Gasteiger partial charge in [0.15, 0.2) is 17.3 Å². The number of anilines is 1. The molecule has 146 valence electrons. The van der Waals surface area contributed by atoms with Gasteiger partial charge in [-0.15, -0.1) is 0 Å². The van der Waals surface area contributed by atoms with E-state index in [1.807, 2.05) is 11.8 Å². The van der Waals surface area contributed by atoms with Gasteiger partial charge in [0.2, 0.25) is 0 Å². The average molecular weight is 389 g/mol. The van der Waals surface area contributed by atoms with Crippen molar-refractivity contribution in [2.45, 2.75) is 31.9 Å². The Morgan fingerprint density at radius 3 is 2.61 bits per heavy atom. The Kier molecular flexibility index (Phi) is 4.70. The van der Waals surface area contributed by atoms with Gasteiger partial charge in [-0.2, -0.15) is 18.3 Å². The van der Waals surface area contributed by atoms with Crippen molar-refractivity contribution in [1.82, 2.24) is 30.1 Å². The summed E-state index contributed by atoms with van der Waals surface area (Å²) in [6.07, 6.45) is 0.133. The van der Waals surface area contributed by atoms with E-state index >= 15 is 0 Å². The second-order valence-corrected chi connectivity index (χ2v) is 6.73. The van der Waals surface area contributed by atoms with E-state index in [1.165, 1.54) is 12.4 Å². The number of pyridine rings is 1. The highest BCUT2D eigenvalue weighted by Gasteiger charge is 2.35. The van der Waals surface area contributed by atoms with Crippen molar-refractivity contribution < 1.29 is 13.2 Å². The van der Waals surface area contributed by atoms with Crippen LogP contribution in [0.25, 0.3) is 11.4 Å². The lowest BCUT2D eigenvalue weighted by Crippen LogP contribution is -2.35. The number of hydrogen-bond donors (Lipinski definition) is 1. The molecule has 0 bridgehead atoms. The summed E-state index contributed by atoms with van der Waals surface area (Å²) < 4.78 is 40.3. The topological polar surface area (TPSA) is 83.5 Å². The van der Waals surface area contributed by atoms with Crippen LogP contribution in [0.1, 0.15) is 36.1 Å². The van der Waals surface area contributed by atoms with Gasteiger partial charge in [0, 0.05) is 43.0 Å². The third-order valence-corrected chi connectivity index (χ3v) is 4.67. The molecule has 0 aromatic carbocycles. The van der Waals surface area contributed by atoms with Crippen LogP contribution in [0, 0.1) is 6.92 Å². The predicted molar refractivity (Wildman–Crippen MR) is 95.6 cm³/mol. The largest absolute Gasteiger partial charge is 0.433 e. The molecule has 10 heteroatoms. The molecule has 7 nitrogen and oxygen atoms in total. The average Bonchev–Trinajstić information content (AvgIpc) is 3.14. The van der Waals surface area contributed by atoms with Gasteiger partial charge in [-0.3, -0.25) is 10.1 Å². The van der Waals surface area contributed by atoms with Gasteiger partial charge < -0.3 is 4.90 Å². The van der Waals surface area contributed by atoms with Gasteiger partial charge in [0.25, 0.3) is 0 Å².